The van der Waals surface area contributed by atoms with Crippen LogP contribution in [0.4, 0.5) is 0 Å². The molecule has 124 valence electrons. The van der Waals surface area contributed by atoms with Crippen molar-refractivity contribution >= 4 is 18.3 Å². The van der Waals surface area contributed by atoms with Crippen LogP contribution >= 0.6 is 12.4 Å². The van der Waals surface area contributed by atoms with E-state index in [9.17, 15) is 4.79 Å². The minimum atomic E-state index is -0.0750. The molecule has 22 heavy (non-hydrogen) atoms. The summed E-state index contributed by atoms with van der Waals surface area (Å²) in [7, 11) is 1.62. The van der Waals surface area contributed by atoms with E-state index in [0.717, 1.165) is 19.5 Å². The van der Waals surface area contributed by atoms with Crippen LogP contribution in [-0.4, -0.2) is 45.9 Å². The predicted octanol–water partition coefficient (Wildman–Crippen LogP) is 1.86. The van der Waals surface area contributed by atoms with Crippen LogP contribution in [-0.2, 0) is 4.74 Å². The van der Waals surface area contributed by atoms with Crippen LogP contribution in [0.3, 0.4) is 0 Å². The Kier molecular flexibility index (Phi) is 8.89. The molecular weight excluding hydrogens is 304 g/mol. The van der Waals surface area contributed by atoms with Crippen LogP contribution in [0.1, 0.15) is 23.2 Å². The third-order valence-corrected chi connectivity index (χ3v) is 3.68. The number of nitrogens with one attached hydrogen (secondary N) is 2. The maximum Gasteiger partial charge on any atom is 0.255 e. The van der Waals surface area contributed by atoms with E-state index in [4.69, 9.17) is 9.47 Å². The fourth-order valence-electron chi connectivity index (χ4n) is 2.46. The molecule has 0 spiro atoms. The lowest BCUT2D eigenvalue weighted by Gasteiger charge is -2.12. The van der Waals surface area contributed by atoms with Crippen molar-refractivity contribution < 1.29 is 14.3 Å². The summed E-state index contributed by atoms with van der Waals surface area (Å²) in [6, 6.07) is 7.31. The average Bonchev–Trinajstić information content (AvgIpc) is 3.01. The third kappa shape index (κ3) is 5.83. The lowest BCUT2D eigenvalue weighted by molar-refractivity contribution is 0.0944. The summed E-state index contributed by atoms with van der Waals surface area (Å²) >= 11 is 0. The van der Waals surface area contributed by atoms with Gasteiger partial charge in [0.2, 0.25) is 0 Å². The van der Waals surface area contributed by atoms with Gasteiger partial charge in [0, 0.05) is 13.7 Å². The van der Waals surface area contributed by atoms with Gasteiger partial charge in [-0.15, -0.1) is 12.4 Å². The van der Waals surface area contributed by atoms with Crippen molar-refractivity contribution in [3.8, 4) is 5.75 Å². The van der Waals surface area contributed by atoms with Gasteiger partial charge in [-0.3, -0.25) is 4.79 Å². The number of amides is 1. The number of para-hydroxylation sites is 1. The van der Waals surface area contributed by atoms with Crippen molar-refractivity contribution in [3.05, 3.63) is 29.8 Å². The summed E-state index contributed by atoms with van der Waals surface area (Å²) in [5, 5.41) is 6.31. The first-order valence-corrected chi connectivity index (χ1v) is 7.51. The van der Waals surface area contributed by atoms with Crippen LogP contribution < -0.4 is 15.4 Å². The van der Waals surface area contributed by atoms with Gasteiger partial charge < -0.3 is 20.1 Å². The molecule has 6 heteroatoms. The zero-order valence-corrected chi connectivity index (χ0v) is 13.8. The van der Waals surface area contributed by atoms with Gasteiger partial charge in [0.25, 0.3) is 5.91 Å². The molecule has 0 aromatic heterocycles. The van der Waals surface area contributed by atoms with E-state index in [-0.39, 0.29) is 18.3 Å². The second-order valence-corrected chi connectivity index (χ2v) is 5.24. The first-order chi connectivity index (χ1) is 10.3. The van der Waals surface area contributed by atoms with Crippen LogP contribution in [0.5, 0.6) is 5.75 Å². The lowest BCUT2D eigenvalue weighted by Crippen LogP contribution is -2.27. The molecule has 1 amide bonds. The molecule has 0 saturated carbocycles. The second-order valence-electron chi connectivity index (χ2n) is 5.24. The molecule has 5 nitrogen and oxygen atoms in total. The highest BCUT2D eigenvalue weighted by molar-refractivity contribution is 5.96. The average molecular weight is 329 g/mol. The van der Waals surface area contributed by atoms with E-state index in [0.29, 0.717) is 37.0 Å². The summed E-state index contributed by atoms with van der Waals surface area (Å²) in [5.41, 5.74) is 0.582. The molecular formula is C16H25ClN2O3. The standard InChI is InChI=1S/C16H24N2O3.ClH/c1-20-10-11-21-15-5-3-2-4-14(15)16(19)18-9-7-13-6-8-17-12-13;/h2-5,13,17H,6-12H2,1H3,(H,18,19);1H. The fourth-order valence-corrected chi connectivity index (χ4v) is 2.46. The molecule has 2 N–H and O–H groups in total. The zero-order chi connectivity index (χ0) is 14.9. The summed E-state index contributed by atoms with van der Waals surface area (Å²) in [5.74, 6) is 1.21. The van der Waals surface area contributed by atoms with Gasteiger partial charge in [0.05, 0.1) is 12.2 Å². The fraction of sp³-hybridized carbons (Fsp3) is 0.562. The van der Waals surface area contributed by atoms with E-state index >= 15 is 0 Å². The van der Waals surface area contributed by atoms with E-state index in [1.165, 1.54) is 6.42 Å². The van der Waals surface area contributed by atoms with Gasteiger partial charge >= 0.3 is 0 Å². The number of rotatable bonds is 8. The highest BCUT2D eigenvalue weighted by atomic mass is 35.5. The molecule has 0 bridgehead atoms. The summed E-state index contributed by atoms with van der Waals surface area (Å²) in [6.07, 6.45) is 2.22. The van der Waals surface area contributed by atoms with Gasteiger partial charge in [-0.2, -0.15) is 0 Å². The first kappa shape index (κ1) is 18.7. The van der Waals surface area contributed by atoms with Gasteiger partial charge in [-0.1, -0.05) is 12.1 Å². The minimum absolute atomic E-state index is 0. The molecule has 1 atom stereocenters. The minimum Gasteiger partial charge on any atom is -0.490 e. The first-order valence-electron chi connectivity index (χ1n) is 7.51. The van der Waals surface area contributed by atoms with Gasteiger partial charge in [-0.25, -0.2) is 0 Å². The number of carbonyl (C=O) groups is 1. The van der Waals surface area contributed by atoms with Crippen molar-refractivity contribution in [2.24, 2.45) is 5.92 Å². The number of benzene rings is 1. The van der Waals surface area contributed by atoms with Crippen LogP contribution in [0.25, 0.3) is 0 Å². The summed E-state index contributed by atoms with van der Waals surface area (Å²) in [6.45, 7) is 3.80. The molecule has 1 aromatic rings. The summed E-state index contributed by atoms with van der Waals surface area (Å²) in [4.78, 5) is 12.2. The Morgan fingerprint density at radius 2 is 2.18 bits per heavy atom. The highest BCUT2D eigenvalue weighted by Gasteiger charge is 2.15. The Hall–Kier alpha value is -1.30. The Labute approximate surface area is 138 Å². The number of hydrogen-bond donors (Lipinski definition) is 2. The van der Waals surface area contributed by atoms with Crippen molar-refractivity contribution in [2.45, 2.75) is 12.8 Å². The molecule has 0 aliphatic carbocycles. The summed E-state index contributed by atoms with van der Waals surface area (Å²) < 4.78 is 10.5. The quantitative estimate of drug-likeness (QED) is 0.715. The Bertz CT molecular complexity index is 451. The number of ether oxygens (including phenoxy) is 2. The van der Waals surface area contributed by atoms with Crippen molar-refractivity contribution in [1.29, 1.82) is 0 Å². The molecule has 1 aliphatic rings. The monoisotopic (exact) mass is 328 g/mol. The van der Waals surface area contributed by atoms with Crippen LogP contribution in [0.15, 0.2) is 24.3 Å². The molecule has 1 aromatic carbocycles. The van der Waals surface area contributed by atoms with Crippen molar-refractivity contribution in [3.63, 3.8) is 0 Å². The lowest BCUT2D eigenvalue weighted by atomic mass is 10.1. The molecule has 1 fully saturated rings. The maximum absolute atomic E-state index is 12.2. The molecule has 2 rings (SSSR count). The second kappa shape index (κ2) is 10.4. The predicted molar refractivity (Wildman–Crippen MR) is 89.0 cm³/mol. The molecule has 1 heterocycles. The highest BCUT2D eigenvalue weighted by Crippen LogP contribution is 2.18. The van der Waals surface area contributed by atoms with E-state index in [1.807, 2.05) is 18.2 Å². The molecule has 1 unspecified atom stereocenters. The largest absolute Gasteiger partial charge is 0.490 e. The topological polar surface area (TPSA) is 59.6 Å². The molecule has 0 radical (unpaired) electrons. The van der Waals surface area contributed by atoms with Crippen molar-refractivity contribution in [1.82, 2.24) is 10.6 Å². The zero-order valence-electron chi connectivity index (χ0n) is 13.0. The van der Waals surface area contributed by atoms with Gasteiger partial charge in [0.15, 0.2) is 0 Å². The van der Waals surface area contributed by atoms with Crippen LogP contribution in [0.2, 0.25) is 0 Å². The third-order valence-electron chi connectivity index (χ3n) is 3.68. The van der Waals surface area contributed by atoms with E-state index in [1.54, 1.807) is 13.2 Å². The SMILES string of the molecule is COCCOc1ccccc1C(=O)NCCC1CCNC1.Cl. The Balaban J connectivity index is 0.00000242. The van der Waals surface area contributed by atoms with Crippen molar-refractivity contribution in [2.75, 3.05) is 40.0 Å². The van der Waals surface area contributed by atoms with Crippen LogP contribution in [0, 0.1) is 5.92 Å². The Morgan fingerprint density at radius 3 is 2.91 bits per heavy atom. The molecule has 1 saturated heterocycles. The normalized spacial score (nSPS) is 16.9. The van der Waals surface area contributed by atoms with Gasteiger partial charge in [-0.05, 0) is 44.0 Å². The van der Waals surface area contributed by atoms with Gasteiger partial charge in [0.1, 0.15) is 12.4 Å². The maximum atomic E-state index is 12.2. The number of methoxy groups -OCH3 is 1. The Morgan fingerprint density at radius 1 is 1.36 bits per heavy atom. The van der Waals surface area contributed by atoms with E-state index in [2.05, 4.69) is 10.6 Å². The number of carbonyl (C=O) groups excluding carboxylic acids is 1. The smallest absolute Gasteiger partial charge is 0.255 e. The van der Waals surface area contributed by atoms with E-state index < -0.39 is 0 Å². The number of halogens is 1. The number of hydrogen-bond acceptors (Lipinski definition) is 4. The molecule has 1 aliphatic heterocycles.